The van der Waals surface area contributed by atoms with Crippen LogP contribution in [0, 0.1) is 5.92 Å². The normalized spacial score (nSPS) is 13.0. The number of nitrogens with one attached hydrogen (secondary N) is 1. The fourth-order valence-corrected chi connectivity index (χ4v) is 2.57. The van der Waals surface area contributed by atoms with E-state index < -0.39 is 15.9 Å². The SMILES string of the molecule is COC(=O)C(CC(C)C)Nc1ccc(S(C)(=O)=O)cc1N. The third-order valence-corrected chi connectivity index (χ3v) is 4.08. The Morgan fingerprint density at radius 3 is 2.43 bits per heavy atom. The number of methoxy groups -OCH3 is 1. The van der Waals surface area contributed by atoms with Crippen molar-refractivity contribution >= 4 is 27.2 Å². The van der Waals surface area contributed by atoms with Gasteiger partial charge in [-0.05, 0) is 30.5 Å². The van der Waals surface area contributed by atoms with E-state index >= 15 is 0 Å². The van der Waals surface area contributed by atoms with Crippen molar-refractivity contribution in [2.24, 2.45) is 5.92 Å². The second kappa shape index (κ2) is 6.80. The molecule has 0 aromatic heterocycles. The molecule has 0 aliphatic heterocycles. The molecule has 0 aliphatic carbocycles. The number of anilines is 2. The van der Waals surface area contributed by atoms with E-state index in [0.717, 1.165) is 6.26 Å². The average Bonchev–Trinajstić information content (AvgIpc) is 2.37. The summed E-state index contributed by atoms with van der Waals surface area (Å²) in [6.45, 7) is 3.99. The van der Waals surface area contributed by atoms with Crippen LogP contribution in [0.5, 0.6) is 0 Å². The van der Waals surface area contributed by atoms with Gasteiger partial charge >= 0.3 is 5.97 Å². The van der Waals surface area contributed by atoms with Crippen LogP contribution in [0.1, 0.15) is 20.3 Å². The molecule has 0 saturated heterocycles. The average molecular weight is 314 g/mol. The van der Waals surface area contributed by atoms with Crippen LogP contribution in [-0.4, -0.2) is 33.8 Å². The van der Waals surface area contributed by atoms with Crippen LogP contribution in [0.15, 0.2) is 23.1 Å². The van der Waals surface area contributed by atoms with Crippen LogP contribution in [0.25, 0.3) is 0 Å². The fraction of sp³-hybridized carbons (Fsp3) is 0.500. The molecule has 1 atom stereocenters. The summed E-state index contributed by atoms with van der Waals surface area (Å²) in [5, 5.41) is 3.01. The standard InChI is InChI=1S/C14H22N2O4S/c1-9(2)7-13(14(17)20-3)16-12-6-5-10(8-11(12)15)21(4,18)19/h5-6,8-9,13,16H,7,15H2,1-4H3. The van der Waals surface area contributed by atoms with E-state index in [0.29, 0.717) is 12.1 Å². The molecule has 3 N–H and O–H groups in total. The van der Waals surface area contributed by atoms with Gasteiger partial charge in [-0.3, -0.25) is 0 Å². The minimum Gasteiger partial charge on any atom is -0.467 e. The summed E-state index contributed by atoms with van der Waals surface area (Å²) < 4.78 is 27.7. The van der Waals surface area contributed by atoms with Crippen molar-refractivity contribution in [3.63, 3.8) is 0 Å². The number of hydrogen-bond donors (Lipinski definition) is 2. The molecule has 0 saturated carbocycles. The molecule has 0 bridgehead atoms. The molecule has 0 spiro atoms. The van der Waals surface area contributed by atoms with Gasteiger partial charge in [-0.2, -0.15) is 0 Å². The van der Waals surface area contributed by atoms with Gasteiger partial charge in [0, 0.05) is 6.26 Å². The first-order valence-electron chi connectivity index (χ1n) is 6.59. The summed E-state index contributed by atoms with van der Waals surface area (Å²) in [6, 6.07) is 3.86. The van der Waals surface area contributed by atoms with Crippen molar-refractivity contribution in [1.82, 2.24) is 0 Å². The fourth-order valence-electron chi connectivity index (χ4n) is 1.92. The van der Waals surface area contributed by atoms with E-state index in [-0.39, 0.29) is 22.5 Å². The highest BCUT2D eigenvalue weighted by Gasteiger charge is 2.21. The zero-order valence-electron chi connectivity index (χ0n) is 12.7. The molecule has 6 nitrogen and oxygen atoms in total. The lowest BCUT2D eigenvalue weighted by atomic mass is 10.0. The highest BCUT2D eigenvalue weighted by molar-refractivity contribution is 7.90. The van der Waals surface area contributed by atoms with Gasteiger partial charge in [0.15, 0.2) is 9.84 Å². The van der Waals surface area contributed by atoms with Crippen molar-refractivity contribution in [2.45, 2.75) is 31.2 Å². The van der Waals surface area contributed by atoms with Gasteiger partial charge < -0.3 is 15.8 Å². The predicted molar refractivity (Wildman–Crippen MR) is 82.8 cm³/mol. The second-order valence-electron chi connectivity index (χ2n) is 5.37. The maximum atomic E-state index is 11.8. The molecule has 0 aliphatic rings. The molecule has 7 heteroatoms. The quantitative estimate of drug-likeness (QED) is 0.612. The van der Waals surface area contributed by atoms with Gasteiger partial charge in [-0.25, -0.2) is 13.2 Å². The van der Waals surface area contributed by atoms with E-state index in [9.17, 15) is 13.2 Å². The molecule has 118 valence electrons. The Bertz CT molecular complexity index is 611. The summed E-state index contributed by atoms with van der Waals surface area (Å²) in [7, 11) is -1.98. The Morgan fingerprint density at radius 1 is 1.38 bits per heavy atom. The molecular weight excluding hydrogens is 292 g/mol. The molecule has 0 amide bonds. The molecule has 1 unspecified atom stereocenters. The first kappa shape index (κ1) is 17.3. The summed E-state index contributed by atoms with van der Waals surface area (Å²) in [4.78, 5) is 11.9. The zero-order valence-corrected chi connectivity index (χ0v) is 13.5. The van der Waals surface area contributed by atoms with E-state index in [1.165, 1.54) is 19.2 Å². The second-order valence-corrected chi connectivity index (χ2v) is 7.39. The predicted octanol–water partition coefficient (Wildman–Crippen LogP) is 1.67. The number of rotatable bonds is 6. The van der Waals surface area contributed by atoms with Gasteiger partial charge in [0.1, 0.15) is 6.04 Å². The van der Waals surface area contributed by atoms with E-state index in [2.05, 4.69) is 5.32 Å². The van der Waals surface area contributed by atoms with E-state index in [1.807, 2.05) is 13.8 Å². The Labute approximate surface area is 125 Å². The lowest BCUT2D eigenvalue weighted by Crippen LogP contribution is -2.32. The van der Waals surface area contributed by atoms with Gasteiger partial charge in [-0.15, -0.1) is 0 Å². The van der Waals surface area contributed by atoms with Gasteiger partial charge in [-0.1, -0.05) is 13.8 Å². The number of sulfone groups is 1. The van der Waals surface area contributed by atoms with E-state index in [4.69, 9.17) is 10.5 Å². The van der Waals surface area contributed by atoms with Crippen molar-refractivity contribution < 1.29 is 17.9 Å². The number of carbonyl (C=O) groups is 1. The number of hydrogen-bond acceptors (Lipinski definition) is 6. The van der Waals surface area contributed by atoms with E-state index in [1.54, 1.807) is 6.07 Å². The van der Waals surface area contributed by atoms with Gasteiger partial charge in [0.2, 0.25) is 0 Å². The summed E-state index contributed by atoms with van der Waals surface area (Å²) in [5.74, 6) is -0.0894. The maximum absolute atomic E-state index is 11.8. The number of ether oxygens (including phenoxy) is 1. The van der Waals surface area contributed by atoms with Gasteiger partial charge in [0.25, 0.3) is 0 Å². The lowest BCUT2D eigenvalue weighted by Gasteiger charge is -2.20. The number of nitrogens with two attached hydrogens (primary N) is 1. The zero-order chi connectivity index (χ0) is 16.2. The molecule has 0 fully saturated rings. The summed E-state index contributed by atoms with van der Waals surface area (Å²) in [6.07, 6.45) is 1.70. The van der Waals surface area contributed by atoms with Crippen molar-refractivity contribution in [3.05, 3.63) is 18.2 Å². The van der Waals surface area contributed by atoms with Crippen LogP contribution in [-0.2, 0) is 19.4 Å². The summed E-state index contributed by atoms with van der Waals surface area (Å²) in [5.41, 5.74) is 6.65. The first-order chi connectivity index (χ1) is 9.65. The van der Waals surface area contributed by atoms with Crippen LogP contribution in [0.2, 0.25) is 0 Å². The minimum absolute atomic E-state index is 0.143. The Kier molecular flexibility index (Phi) is 5.60. The molecule has 21 heavy (non-hydrogen) atoms. The molecule has 0 heterocycles. The number of carbonyl (C=O) groups excluding carboxylic acids is 1. The van der Waals surface area contributed by atoms with Crippen molar-refractivity contribution in [3.8, 4) is 0 Å². The molecule has 1 aromatic carbocycles. The largest absolute Gasteiger partial charge is 0.467 e. The van der Waals surface area contributed by atoms with Crippen LogP contribution in [0.3, 0.4) is 0 Å². The minimum atomic E-state index is -3.31. The van der Waals surface area contributed by atoms with Gasteiger partial charge in [0.05, 0.1) is 23.4 Å². The lowest BCUT2D eigenvalue weighted by molar-refractivity contribution is -0.141. The molecule has 0 radical (unpaired) electrons. The number of esters is 1. The first-order valence-corrected chi connectivity index (χ1v) is 8.48. The number of nitrogen functional groups attached to an aromatic ring is 1. The Hall–Kier alpha value is -1.76. The summed E-state index contributed by atoms with van der Waals surface area (Å²) >= 11 is 0. The third kappa shape index (κ3) is 4.93. The molecule has 1 rings (SSSR count). The molecule has 1 aromatic rings. The smallest absolute Gasteiger partial charge is 0.328 e. The maximum Gasteiger partial charge on any atom is 0.328 e. The monoisotopic (exact) mass is 314 g/mol. The highest BCUT2D eigenvalue weighted by atomic mass is 32.2. The van der Waals surface area contributed by atoms with Crippen LogP contribution < -0.4 is 11.1 Å². The highest BCUT2D eigenvalue weighted by Crippen LogP contribution is 2.24. The Balaban J connectivity index is 3.02. The third-order valence-electron chi connectivity index (χ3n) is 2.97. The van der Waals surface area contributed by atoms with Crippen LogP contribution >= 0.6 is 0 Å². The van der Waals surface area contributed by atoms with Crippen molar-refractivity contribution in [1.29, 1.82) is 0 Å². The van der Waals surface area contributed by atoms with Crippen molar-refractivity contribution in [2.75, 3.05) is 24.4 Å². The Morgan fingerprint density at radius 2 is 2.00 bits per heavy atom. The number of benzene rings is 1. The molecular formula is C14H22N2O4S. The topological polar surface area (TPSA) is 98.5 Å². The van der Waals surface area contributed by atoms with Crippen LogP contribution in [0.4, 0.5) is 11.4 Å².